The van der Waals surface area contributed by atoms with Crippen molar-refractivity contribution < 1.29 is 4.79 Å². The van der Waals surface area contributed by atoms with E-state index in [9.17, 15) is 4.79 Å². The van der Waals surface area contributed by atoms with Crippen LogP contribution in [0.4, 0.5) is 4.79 Å². The van der Waals surface area contributed by atoms with Crippen molar-refractivity contribution in [1.82, 2.24) is 10.2 Å². The zero-order chi connectivity index (χ0) is 9.97. The Balaban J connectivity index is 1.78. The molecule has 2 amide bonds. The van der Waals surface area contributed by atoms with Crippen molar-refractivity contribution in [3.05, 3.63) is 0 Å². The van der Waals surface area contributed by atoms with Gasteiger partial charge < -0.3 is 10.2 Å². The predicted molar refractivity (Wildman–Crippen MR) is 56.1 cm³/mol. The molecule has 0 aromatic heterocycles. The highest BCUT2D eigenvalue weighted by Crippen LogP contribution is 2.33. The normalized spacial score (nSPS) is 20.6. The van der Waals surface area contributed by atoms with Crippen molar-refractivity contribution in [2.75, 3.05) is 19.6 Å². The molecule has 2 aliphatic carbocycles. The summed E-state index contributed by atoms with van der Waals surface area (Å²) in [6.45, 7) is 4.69. The van der Waals surface area contributed by atoms with Crippen LogP contribution < -0.4 is 5.32 Å². The monoisotopic (exact) mass is 196 g/mol. The highest BCUT2D eigenvalue weighted by Gasteiger charge is 2.31. The molecule has 3 heteroatoms. The molecule has 0 aromatic carbocycles. The van der Waals surface area contributed by atoms with Crippen LogP contribution in [0.5, 0.6) is 0 Å². The van der Waals surface area contributed by atoms with Crippen LogP contribution >= 0.6 is 0 Å². The minimum absolute atomic E-state index is 0.145. The van der Waals surface area contributed by atoms with Gasteiger partial charge in [-0.1, -0.05) is 0 Å². The lowest BCUT2D eigenvalue weighted by Crippen LogP contribution is -2.42. The highest BCUT2D eigenvalue weighted by atomic mass is 16.2. The Morgan fingerprint density at radius 2 is 1.71 bits per heavy atom. The fourth-order valence-electron chi connectivity index (χ4n) is 1.73. The van der Waals surface area contributed by atoms with Crippen LogP contribution in [0.2, 0.25) is 0 Å². The Morgan fingerprint density at radius 1 is 1.21 bits per heavy atom. The molecule has 0 aromatic rings. The molecule has 0 spiro atoms. The Labute approximate surface area is 85.8 Å². The molecule has 1 N–H and O–H groups in total. The summed E-state index contributed by atoms with van der Waals surface area (Å²) in [5, 5.41) is 2.90. The number of hydrogen-bond donors (Lipinski definition) is 1. The van der Waals surface area contributed by atoms with E-state index in [1.165, 1.54) is 25.7 Å². The van der Waals surface area contributed by atoms with Crippen LogP contribution in [0.25, 0.3) is 0 Å². The zero-order valence-electron chi connectivity index (χ0n) is 8.96. The van der Waals surface area contributed by atoms with Crippen molar-refractivity contribution in [1.29, 1.82) is 0 Å². The first-order valence-corrected chi connectivity index (χ1v) is 5.82. The summed E-state index contributed by atoms with van der Waals surface area (Å²) in [4.78, 5) is 13.7. The minimum Gasteiger partial charge on any atom is -0.338 e. The van der Waals surface area contributed by atoms with Crippen LogP contribution in [0.15, 0.2) is 0 Å². The van der Waals surface area contributed by atoms with Gasteiger partial charge in [-0.15, -0.1) is 0 Å². The van der Waals surface area contributed by atoms with Crippen molar-refractivity contribution >= 4 is 6.03 Å². The molecule has 14 heavy (non-hydrogen) atoms. The third-order valence-electron chi connectivity index (χ3n) is 2.97. The van der Waals surface area contributed by atoms with E-state index in [4.69, 9.17) is 0 Å². The summed E-state index contributed by atoms with van der Waals surface area (Å²) in [5.41, 5.74) is 0. The quantitative estimate of drug-likeness (QED) is 0.715. The van der Waals surface area contributed by atoms with Gasteiger partial charge in [0.15, 0.2) is 0 Å². The lowest BCUT2D eigenvalue weighted by Gasteiger charge is -2.22. The van der Waals surface area contributed by atoms with Crippen LogP contribution in [-0.2, 0) is 0 Å². The molecule has 2 rings (SSSR count). The zero-order valence-corrected chi connectivity index (χ0v) is 8.96. The molecular weight excluding hydrogens is 176 g/mol. The lowest BCUT2D eigenvalue weighted by molar-refractivity contribution is 0.193. The Morgan fingerprint density at radius 3 is 2.07 bits per heavy atom. The fraction of sp³-hybridized carbons (Fsp3) is 0.909. The summed E-state index contributed by atoms with van der Waals surface area (Å²) >= 11 is 0. The van der Waals surface area contributed by atoms with Crippen LogP contribution in [0.1, 0.15) is 32.6 Å². The molecule has 3 nitrogen and oxygen atoms in total. The van der Waals surface area contributed by atoms with E-state index in [1.54, 1.807) is 0 Å². The van der Waals surface area contributed by atoms with Gasteiger partial charge in [0, 0.05) is 19.6 Å². The Kier molecular flexibility index (Phi) is 2.94. The number of rotatable bonds is 5. The fourth-order valence-corrected chi connectivity index (χ4v) is 1.73. The summed E-state index contributed by atoms with van der Waals surface area (Å²) in [6.07, 6.45) is 5.28. The first-order valence-electron chi connectivity index (χ1n) is 5.82. The van der Waals surface area contributed by atoms with E-state index < -0.39 is 0 Å². The number of amides is 2. The summed E-state index contributed by atoms with van der Waals surface area (Å²) in [5.74, 6) is 1.60. The molecule has 0 atom stereocenters. The number of nitrogens with zero attached hydrogens (tertiary/aromatic N) is 1. The van der Waals surface area contributed by atoms with Gasteiger partial charge in [-0.3, -0.25) is 0 Å². The maximum atomic E-state index is 11.7. The van der Waals surface area contributed by atoms with Gasteiger partial charge in [0.25, 0.3) is 0 Å². The minimum atomic E-state index is 0.145. The van der Waals surface area contributed by atoms with Gasteiger partial charge in [0.2, 0.25) is 0 Å². The predicted octanol–water partition coefficient (Wildman–Crippen LogP) is 1.84. The Hall–Kier alpha value is -0.730. The van der Waals surface area contributed by atoms with E-state index in [0.29, 0.717) is 0 Å². The van der Waals surface area contributed by atoms with E-state index in [1.807, 2.05) is 11.8 Å². The van der Waals surface area contributed by atoms with E-state index in [2.05, 4.69) is 5.32 Å². The van der Waals surface area contributed by atoms with Gasteiger partial charge in [0.1, 0.15) is 0 Å². The molecule has 0 unspecified atom stereocenters. The van der Waals surface area contributed by atoms with Crippen molar-refractivity contribution in [2.45, 2.75) is 32.6 Å². The van der Waals surface area contributed by atoms with Crippen LogP contribution in [0.3, 0.4) is 0 Å². The third-order valence-corrected chi connectivity index (χ3v) is 2.97. The van der Waals surface area contributed by atoms with Gasteiger partial charge in [-0.2, -0.15) is 0 Å². The van der Waals surface area contributed by atoms with Crippen LogP contribution in [0, 0.1) is 11.8 Å². The third kappa shape index (κ3) is 2.89. The summed E-state index contributed by atoms with van der Waals surface area (Å²) in [6, 6.07) is 0.145. The number of carbonyl (C=O) groups excluding carboxylic acids is 1. The standard InChI is InChI=1S/C11H20N2O/c1-2-12-11(14)13(7-9-3-4-9)8-10-5-6-10/h9-10H,2-8H2,1H3,(H,12,14). The van der Waals surface area contributed by atoms with Gasteiger partial charge in [-0.05, 0) is 44.4 Å². The van der Waals surface area contributed by atoms with Gasteiger partial charge in [-0.25, -0.2) is 4.79 Å². The second-order valence-electron chi connectivity index (χ2n) is 4.63. The van der Waals surface area contributed by atoms with E-state index in [0.717, 1.165) is 31.5 Å². The maximum absolute atomic E-state index is 11.7. The lowest BCUT2D eigenvalue weighted by atomic mass is 10.3. The van der Waals surface area contributed by atoms with Crippen molar-refractivity contribution in [3.63, 3.8) is 0 Å². The van der Waals surface area contributed by atoms with Gasteiger partial charge in [0.05, 0.1) is 0 Å². The number of nitrogens with one attached hydrogen (secondary N) is 1. The molecule has 2 aliphatic rings. The van der Waals surface area contributed by atoms with E-state index in [-0.39, 0.29) is 6.03 Å². The molecule has 2 saturated carbocycles. The molecule has 0 radical (unpaired) electrons. The molecule has 0 heterocycles. The summed E-state index contributed by atoms with van der Waals surface area (Å²) in [7, 11) is 0. The first kappa shape index (κ1) is 9.81. The second kappa shape index (κ2) is 4.20. The smallest absolute Gasteiger partial charge is 0.317 e. The number of carbonyl (C=O) groups is 1. The van der Waals surface area contributed by atoms with Gasteiger partial charge >= 0.3 is 6.03 Å². The molecule has 2 fully saturated rings. The average molecular weight is 196 g/mol. The summed E-state index contributed by atoms with van der Waals surface area (Å²) < 4.78 is 0. The van der Waals surface area contributed by atoms with E-state index >= 15 is 0 Å². The Bertz CT molecular complexity index is 195. The number of urea groups is 1. The molecular formula is C11H20N2O. The molecule has 0 saturated heterocycles. The number of hydrogen-bond acceptors (Lipinski definition) is 1. The molecule has 0 bridgehead atoms. The van der Waals surface area contributed by atoms with Crippen molar-refractivity contribution in [2.24, 2.45) is 11.8 Å². The topological polar surface area (TPSA) is 32.3 Å². The maximum Gasteiger partial charge on any atom is 0.317 e. The van der Waals surface area contributed by atoms with Crippen LogP contribution in [-0.4, -0.2) is 30.6 Å². The molecule has 0 aliphatic heterocycles. The SMILES string of the molecule is CCNC(=O)N(CC1CC1)CC1CC1. The van der Waals surface area contributed by atoms with Crippen molar-refractivity contribution in [3.8, 4) is 0 Å². The molecule has 80 valence electrons. The first-order chi connectivity index (χ1) is 6.79. The largest absolute Gasteiger partial charge is 0.338 e. The highest BCUT2D eigenvalue weighted by molar-refractivity contribution is 5.74. The average Bonchev–Trinajstić information content (AvgIpc) is 2.97. The second-order valence-corrected chi connectivity index (χ2v) is 4.63.